The van der Waals surface area contributed by atoms with Crippen molar-refractivity contribution in [3.63, 3.8) is 0 Å². The third-order valence-corrected chi connectivity index (χ3v) is 11.2. The van der Waals surface area contributed by atoms with Gasteiger partial charge in [0.25, 0.3) is 0 Å². The molecule has 4 aromatic heterocycles. The fraction of sp³-hybridized carbons (Fsp3) is 0.520. The molecule has 5 rings (SSSR count). The summed E-state index contributed by atoms with van der Waals surface area (Å²) < 4.78 is 33.6. The number of aromatic nitrogens is 6. The number of imidazole rings is 1. The van der Waals surface area contributed by atoms with Gasteiger partial charge in [-0.05, 0) is 37.8 Å². The Kier molecular flexibility index (Phi) is 7.46. The first-order valence-corrected chi connectivity index (χ1v) is 19.3. The molecule has 38 heavy (non-hydrogen) atoms. The molecule has 0 bridgehead atoms. The molecule has 0 unspecified atom stereocenters. The van der Waals surface area contributed by atoms with Crippen LogP contribution in [0.1, 0.15) is 18.5 Å². The van der Waals surface area contributed by atoms with E-state index in [1.165, 1.54) is 11.3 Å². The SMILES string of the molecule is Cc1cnc(-c2nc(-c3nn(COCC[Si](C)(C)C)c4ncc(N)cc34)cs2)n1CC1CCS(=O)(=O)CC1. The predicted octanol–water partition coefficient (Wildman–Crippen LogP) is 4.45. The van der Waals surface area contributed by atoms with Crippen LogP contribution in [-0.4, -0.2) is 63.9 Å². The van der Waals surface area contributed by atoms with Crippen molar-refractivity contribution in [2.24, 2.45) is 5.92 Å². The summed E-state index contributed by atoms with van der Waals surface area (Å²) in [6.45, 7) is 10.7. The molecule has 0 aliphatic carbocycles. The van der Waals surface area contributed by atoms with Crippen molar-refractivity contribution in [2.45, 2.75) is 58.7 Å². The number of pyridine rings is 1. The summed E-state index contributed by atoms with van der Waals surface area (Å²) in [5, 5.41) is 8.43. The quantitative estimate of drug-likeness (QED) is 0.230. The molecule has 4 aromatic rings. The lowest BCUT2D eigenvalue weighted by atomic mass is 10.0. The Morgan fingerprint density at radius 1 is 1.18 bits per heavy atom. The molecule has 1 saturated heterocycles. The molecule has 0 saturated carbocycles. The third kappa shape index (κ3) is 6.00. The second kappa shape index (κ2) is 10.5. The summed E-state index contributed by atoms with van der Waals surface area (Å²) >= 11 is 1.52. The van der Waals surface area contributed by atoms with Crippen LogP contribution in [0.2, 0.25) is 25.7 Å². The summed E-state index contributed by atoms with van der Waals surface area (Å²) in [6, 6.07) is 2.96. The standard InChI is InChI=1S/C25H35N7O3S2Si/c1-17-12-27-24(31(17)14-18-5-8-37(33,34)9-6-18)25-29-21(15-36-25)22-20-11-19(26)13-28-23(20)32(30-22)16-35-7-10-38(2,3)4/h11-13,15,18H,5-10,14,16,26H2,1-4H3. The Balaban J connectivity index is 1.40. The molecule has 1 aliphatic heterocycles. The first kappa shape index (κ1) is 27.0. The highest BCUT2D eigenvalue weighted by Gasteiger charge is 2.26. The van der Waals surface area contributed by atoms with Crippen LogP contribution in [0.15, 0.2) is 23.8 Å². The second-order valence-electron chi connectivity index (χ2n) is 11.3. The van der Waals surface area contributed by atoms with Crippen molar-refractivity contribution in [3.05, 3.63) is 29.5 Å². The number of nitrogens with two attached hydrogens (primary N) is 1. The van der Waals surface area contributed by atoms with Gasteiger partial charge in [-0.1, -0.05) is 19.6 Å². The van der Waals surface area contributed by atoms with Gasteiger partial charge in [-0.15, -0.1) is 11.3 Å². The van der Waals surface area contributed by atoms with E-state index < -0.39 is 17.9 Å². The molecule has 0 atom stereocenters. The van der Waals surface area contributed by atoms with E-state index in [-0.39, 0.29) is 11.5 Å². The van der Waals surface area contributed by atoms with E-state index in [2.05, 4.69) is 34.2 Å². The lowest BCUT2D eigenvalue weighted by Gasteiger charge is -2.23. The minimum Gasteiger partial charge on any atom is -0.397 e. The molecule has 10 nitrogen and oxygen atoms in total. The van der Waals surface area contributed by atoms with E-state index in [0.717, 1.165) is 40.2 Å². The largest absolute Gasteiger partial charge is 0.397 e. The summed E-state index contributed by atoms with van der Waals surface area (Å²) in [5.41, 5.74) is 9.83. The van der Waals surface area contributed by atoms with Gasteiger partial charge in [-0.2, -0.15) is 5.10 Å². The number of thiazole rings is 1. The number of ether oxygens (including phenoxy) is 1. The number of rotatable bonds is 9. The Bertz CT molecular complexity index is 1540. The Morgan fingerprint density at radius 3 is 2.68 bits per heavy atom. The van der Waals surface area contributed by atoms with Gasteiger partial charge < -0.3 is 15.0 Å². The van der Waals surface area contributed by atoms with Gasteiger partial charge in [0, 0.05) is 38.5 Å². The minimum atomic E-state index is -2.89. The summed E-state index contributed by atoms with van der Waals surface area (Å²) in [5.74, 6) is 1.62. The first-order chi connectivity index (χ1) is 18.0. The zero-order chi connectivity index (χ0) is 27.1. The Hall–Kier alpha value is -2.61. The van der Waals surface area contributed by atoms with Crippen LogP contribution in [0, 0.1) is 12.8 Å². The molecule has 5 heterocycles. The molecule has 0 spiro atoms. The zero-order valence-corrected chi connectivity index (χ0v) is 25.0. The lowest BCUT2D eigenvalue weighted by Crippen LogP contribution is -2.26. The van der Waals surface area contributed by atoms with E-state index >= 15 is 0 Å². The van der Waals surface area contributed by atoms with Crippen molar-refractivity contribution >= 4 is 46.0 Å². The van der Waals surface area contributed by atoms with Crippen LogP contribution >= 0.6 is 11.3 Å². The molecule has 1 aliphatic rings. The van der Waals surface area contributed by atoms with Gasteiger partial charge >= 0.3 is 0 Å². The van der Waals surface area contributed by atoms with Gasteiger partial charge in [-0.25, -0.2) is 28.1 Å². The van der Waals surface area contributed by atoms with Crippen LogP contribution in [0.5, 0.6) is 0 Å². The lowest BCUT2D eigenvalue weighted by molar-refractivity contribution is 0.0814. The van der Waals surface area contributed by atoms with E-state index in [1.54, 1.807) is 10.9 Å². The number of sulfone groups is 1. The Labute approximate surface area is 228 Å². The third-order valence-electron chi connectivity index (χ3n) is 6.93. The normalized spacial score (nSPS) is 16.4. The molecule has 1 fully saturated rings. The highest BCUT2D eigenvalue weighted by atomic mass is 32.2. The highest BCUT2D eigenvalue weighted by molar-refractivity contribution is 7.91. The van der Waals surface area contributed by atoms with Crippen molar-refractivity contribution in [2.75, 3.05) is 23.8 Å². The second-order valence-corrected chi connectivity index (χ2v) is 20.1. The van der Waals surface area contributed by atoms with Crippen LogP contribution in [0.25, 0.3) is 33.3 Å². The fourth-order valence-electron chi connectivity index (χ4n) is 4.61. The molecule has 2 N–H and O–H groups in total. The van der Waals surface area contributed by atoms with E-state index in [0.29, 0.717) is 49.1 Å². The summed E-state index contributed by atoms with van der Waals surface area (Å²) in [7, 11) is -4.08. The molecular formula is C25H35N7O3S2Si. The Morgan fingerprint density at radius 2 is 1.95 bits per heavy atom. The van der Waals surface area contributed by atoms with Crippen molar-refractivity contribution < 1.29 is 13.2 Å². The van der Waals surface area contributed by atoms with E-state index in [4.69, 9.17) is 20.6 Å². The van der Waals surface area contributed by atoms with Crippen LogP contribution in [-0.2, 0) is 27.8 Å². The average molecular weight is 574 g/mol. The number of fused-ring (bicyclic) bond motifs is 1. The molecule has 0 amide bonds. The monoisotopic (exact) mass is 573 g/mol. The van der Waals surface area contributed by atoms with Gasteiger partial charge in [0.2, 0.25) is 0 Å². The average Bonchev–Trinajstić information content (AvgIpc) is 3.55. The summed E-state index contributed by atoms with van der Waals surface area (Å²) in [4.78, 5) is 14.1. The minimum absolute atomic E-state index is 0.261. The van der Waals surface area contributed by atoms with Crippen LogP contribution in [0.4, 0.5) is 5.69 Å². The number of nitrogens with zero attached hydrogens (tertiary/aromatic N) is 6. The predicted molar refractivity (Wildman–Crippen MR) is 154 cm³/mol. The number of hydrogen-bond donors (Lipinski definition) is 1. The molecule has 0 radical (unpaired) electrons. The van der Waals surface area contributed by atoms with E-state index in [1.807, 2.05) is 24.6 Å². The number of hydrogen-bond acceptors (Lipinski definition) is 9. The van der Waals surface area contributed by atoms with E-state index in [9.17, 15) is 8.42 Å². The maximum absolute atomic E-state index is 11.9. The van der Waals surface area contributed by atoms with Crippen LogP contribution in [0.3, 0.4) is 0 Å². The van der Waals surface area contributed by atoms with Crippen molar-refractivity contribution in [1.29, 1.82) is 0 Å². The number of aryl methyl sites for hydroxylation is 1. The molecule has 0 aromatic carbocycles. The number of anilines is 1. The van der Waals surface area contributed by atoms with Gasteiger partial charge in [0.1, 0.15) is 28.0 Å². The molecular weight excluding hydrogens is 539 g/mol. The van der Waals surface area contributed by atoms with Crippen molar-refractivity contribution in [3.8, 4) is 22.2 Å². The summed E-state index contributed by atoms with van der Waals surface area (Å²) in [6.07, 6.45) is 4.85. The molecule has 13 heteroatoms. The topological polar surface area (TPSA) is 131 Å². The fourth-order valence-corrected chi connectivity index (χ4v) is 7.76. The first-order valence-electron chi connectivity index (χ1n) is 12.9. The van der Waals surface area contributed by atoms with Gasteiger partial charge in [0.15, 0.2) is 16.5 Å². The van der Waals surface area contributed by atoms with Gasteiger partial charge in [-0.3, -0.25) is 0 Å². The molecule has 204 valence electrons. The maximum Gasteiger partial charge on any atom is 0.169 e. The van der Waals surface area contributed by atoms with Crippen molar-refractivity contribution in [1.82, 2.24) is 29.3 Å². The maximum atomic E-state index is 11.9. The zero-order valence-electron chi connectivity index (χ0n) is 22.3. The highest BCUT2D eigenvalue weighted by Crippen LogP contribution is 2.33. The number of nitrogen functional groups attached to an aromatic ring is 1. The van der Waals surface area contributed by atoms with Gasteiger partial charge in [0.05, 0.1) is 28.8 Å². The van der Waals surface area contributed by atoms with Crippen LogP contribution < -0.4 is 5.73 Å². The smallest absolute Gasteiger partial charge is 0.169 e.